The molecule has 0 bridgehead atoms. The monoisotopic (exact) mass is 244 g/mol. The zero-order valence-electron chi connectivity index (χ0n) is 6.59. The highest BCUT2D eigenvalue weighted by molar-refractivity contribution is 9.10. The van der Waals surface area contributed by atoms with Gasteiger partial charge in [-0.05, 0) is 34.1 Å². The van der Waals surface area contributed by atoms with Gasteiger partial charge in [-0.25, -0.2) is 4.39 Å². The van der Waals surface area contributed by atoms with Crippen LogP contribution in [0.2, 0.25) is 0 Å². The molecule has 0 heterocycles. The third-order valence-corrected chi connectivity index (χ3v) is 2.12. The first kappa shape index (κ1) is 10.1. The summed E-state index contributed by atoms with van der Waals surface area (Å²) in [6.45, 7) is 0. The molecule has 0 saturated heterocycles. The predicted octanol–water partition coefficient (Wildman–Crippen LogP) is 2.36. The van der Waals surface area contributed by atoms with Crippen LogP contribution in [0, 0.1) is 5.82 Å². The van der Waals surface area contributed by atoms with Gasteiger partial charge in [0.25, 0.3) is 0 Å². The van der Waals surface area contributed by atoms with Crippen LogP contribution in [0.4, 0.5) is 4.39 Å². The molecule has 0 fully saturated rings. The molecule has 0 spiro atoms. The Morgan fingerprint density at radius 1 is 1.54 bits per heavy atom. The Labute approximate surface area is 82.9 Å². The second-order valence-electron chi connectivity index (χ2n) is 2.42. The summed E-state index contributed by atoms with van der Waals surface area (Å²) in [7, 11) is 0. The second-order valence-corrected chi connectivity index (χ2v) is 3.28. The molecule has 13 heavy (non-hydrogen) atoms. The molecule has 0 aliphatic carbocycles. The number of hydrogen-bond acceptors (Lipinski definition) is 2. The van der Waals surface area contributed by atoms with Gasteiger partial charge in [-0.3, -0.25) is 4.79 Å². The minimum absolute atomic E-state index is 0.169. The van der Waals surface area contributed by atoms with Crippen LogP contribution in [0.3, 0.4) is 0 Å². The number of carbonyl (C=O) groups is 2. The number of hydrogen-bond donors (Lipinski definition) is 0. The molecule has 0 amide bonds. The maximum absolute atomic E-state index is 12.7. The number of aldehydes is 1. The summed E-state index contributed by atoms with van der Waals surface area (Å²) in [6.07, 6.45) is 0.359. The highest BCUT2D eigenvalue weighted by atomic mass is 79.9. The van der Waals surface area contributed by atoms with Crippen LogP contribution < -0.4 is 0 Å². The molecule has 0 aliphatic heterocycles. The molecule has 0 radical (unpaired) electrons. The summed E-state index contributed by atoms with van der Waals surface area (Å²) >= 11 is 2.95. The quantitative estimate of drug-likeness (QED) is 0.465. The summed E-state index contributed by atoms with van der Waals surface area (Å²) in [4.78, 5) is 21.2. The highest BCUT2D eigenvalue weighted by Crippen LogP contribution is 2.17. The van der Waals surface area contributed by atoms with Crippen molar-refractivity contribution >= 4 is 28.0 Å². The molecule has 1 aromatic rings. The predicted molar refractivity (Wildman–Crippen MR) is 49.1 cm³/mol. The maximum Gasteiger partial charge on any atom is 0.169 e. The average molecular weight is 245 g/mol. The summed E-state index contributed by atoms with van der Waals surface area (Å²) in [6, 6.07) is 3.90. The lowest BCUT2D eigenvalue weighted by Crippen LogP contribution is -1.99. The van der Waals surface area contributed by atoms with E-state index < -0.39 is 5.82 Å². The van der Waals surface area contributed by atoms with Crippen molar-refractivity contribution in [3.63, 3.8) is 0 Å². The van der Waals surface area contributed by atoms with E-state index in [0.29, 0.717) is 11.8 Å². The van der Waals surface area contributed by atoms with Gasteiger partial charge in [0, 0.05) is 5.56 Å². The van der Waals surface area contributed by atoms with Crippen LogP contribution >= 0.6 is 15.9 Å². The van der Waals surface area contributed by atoms with Crippen molar-refractivity contribution < 1.29 is 14.0 Å². The Hall–Kier alpha value is -1.03. The highest BCUT2D eigenvalue weighted by Gasteiger charge is 2.07. The Balaban J connectivity index is 2.96. The molecular formula is C9H6BrFO2. The Morgan fingerprint density at radius 2 is 2.23 bits per heavy atom. The topological polar surface area (TPSA) is 34.1 Å². The van der Waals surface area contributed by atoms with Gasteiger partial charge < -0.3 is 4.79 Å². The van der Waals surface area contributed by atoms with Crippen LogP contribution in [0.1, 0.15) is 16.8 Å². The molecule has 2 nitrogen and oxygen atoms in total. The van der Waals surface area contributed by atoms with E-state index in [1.807, 2.05) is 0 Å². The number of benzene rings is 1. The molecule has 0 aromatic heterocycles. The van der Waals surface area contributed by atoms with Gasteiger partial charge in [-0.1, -0.05) is 0 Å². The van der Waals surface area contributed by atoms with E-state index >= 15 is 0 Å². The van der Waals surface area contributed by atoms with Gasteiger partial charge >= 0.3 is 0 Å². The fourth-order valence-electron chi connectivity index (χ4n) is 0.863. The molecule has 68 valence electrons. The molecule has 0 saturated carbocycles. The van der Waals surface area contributed by atoms with Gasteiger partial charge in [0.05, 0.1) is 10.9 Å². The number of Topliss-reactive ketones (excluding diaryl/α,β-unsaturated/α-hetero) is 1. The largest absolute Gasteiger partial charge is 0.303 e. The van der Waals surface area contributed by atoms with Crippen LogP contribution in [-0.2, 0) is 4.79 Å². The van der Waals surface area contributed by atoms with E-state index in [1.165, 1.54) is 18.2 Å². The van der Waals surface area contributed by atoms with Gasteiger partial charge in [0.2, 0.25) is 0 Å². The van der Waals surface area contributed by atoms with Gasteiger partial charge in [-0.15, -0.1) is 0 Å². The number of rotatable bonds is 3. The normalized spacial score (nSPS) is 9.69. The van der Waals surface area contributed by atoms with Crippen LogP contribution in [-0.4, -0.2) is 12.1 Å². The number of halogens is 2. The van der Waals surface area contributed by atoms with Crippen molar-refractivity contribution in [2.75, 3.05) is 0 Å². The van der Waals surface area contributed by atoms with Gasteiger partial charge in [0.15, 0.2) is 5.78 Å². The molecule has 1 aromatic carbocycles. The van der Waals surface area contributed by atoms with Crippen molar-refractivity contribution in [1.29, 1.82) is 0 Å². The summed E-state index contributed by atoms with van der Waals surface area (Å²) < 4.78 is 12.9. The summed E-state index contributed by atoms with van der Waals surface area (Å²) in [5.41, 5.74) is 0.334. The van der Waals surface area contributed by atoms with E-state index in [2.05, 4.69) is 15.9 Å². The molecule has 0 atom stereocenters. The lowest BCUT2D eigenvalue weighted by molar-refractivity contribution is -0.107. The third-order valence-electron chi connectivity index (χ3n) is 1.51. The Kier molecular flexibility index (Phi) is 3.31. The Bertz CT molecular complexity index is 349. The van der Waals surface area contributed by atoms with Gasteiger partial charge in [-0.2, -0.15) is 0 Å². The first-order chi connectivity index (χ1) is 6.15. The van der Waals surface area contributed by atoms with E-state index in [-0.39, 0.29) is 16.7 Å². The summed E-state index contributed by atoms with van der Waals surface area (Å²) in [5, 5.41) is 0. The standard InChI is InChI=1S/C9H6BrFO2/c10-7-5-6(1-2-8(7)11)9(13)3-4-12/h1-2,4-5H,3H2. The first-order valence-corrected chi connectivity index (χ1v) is 4.36. The fraction of sp³-hybridized carbons (Fsp3) is 0.111. The van der Waals surface area contributed by atoms with Crippen molar-refractivity contribution in [2.45, 2.75) is 6.42 Å². The second kappa shape index (κ2) is 4.28. The smallest absolute Gasteiger partial charge is 0.169 e. The van der Waals surface area contributed by atoms with E-state index in [4.69, 9.17) is 0 Å². The number of carbonyl (C=O) groups excluding carboxylic acids is 2. The van der Waals surface area contributed by atoms with Crippen molar-refractivity contribution in [3.05, 3.63) is 34.1 Å². The fourth-order valence-corrected chi connectivity index (χ4v) is 1.24. The zero-order valence-corrected chi connectivity index (χ0v) is 8.17. The molecule has 0 aliphatic rings. The maximum atomic E-state index is 12.7. The van der Waals surface area contributed by atoms with E-state index in [1.54, 1.807) is 0 Å². The Morgan fingerprint density at radius 3 is 2.77 bits per heavy atom. The van der Waals surface area contributed by atoms with Crippen molar-refractivity contribution in [3.8, 4) is 0 Å². The minimum atomic E-state index is -0.428. The van der Waals surface area contributed by atoms with Gasteiger partial charge in [0.1, 0.15) is 12.1 Å². The zero-order chi connectivity index (χ0) is 9.84. The molecular weight excluding hydrogens is 239 g/mol. The summed E-state index contributed by atoms with van der Waals surface area (Å²) in [5.74, 6) is -0.738. The minimum Gasteiger partial charge on any atom is -0.303 e. The lowest BCUT2D eigenvalue weighted by Gasteiger charge is -1.98. The molecule has 1 rings (SSSR count). The van der Waals surface area contributed by atoms with Crippen molar-refractivity contribution in [2.24, 2.45) is 0 Å². The van der Waals surface area contributed by atoms with Crippen molar-refractivity contribution in [1.82, 2.24) is 0 Å². The van der Waals surface area contributed by atoms with E-state index in [9.17, 15) is 14.0 Å². The lowest BCUT2D eigenvalue weighted by atomic mass is 10.1. The van der Waals surface area contributed by atoms with Crippen LogP contribution in [0.15, 0.2) is 22.7 Å². The average Bonchev–Trinajstić information content (AvgIpc) is 2.10. The number of ketones is 1. The van der Waals surface area contributed by atoms with Crippen LogP contribution in [0.25, 0.3) is 0 Å². The third kappa shape index (κ3) is 2.45. The molecule has 4 heteroatoms. The first-order valence-electron chi connectivity index (χ1n) is 3.57. The molecule has 0 unspecified atom stereocenters. The SMILES string of the molecule is O=CCC(=O)c1ccc(F)c(Br)c1. The van der Waals surface area contributed by atoms with Crippen LogP contribution in [0.5, 0.6) is 0 Å². The molecule has 0 N–H and O–H groups in total. The van der Waals surface area contributed by atoms with E-state index in [0.717, 1.165) is 0 Å².